The minimum Gasteiger partial charge on any atom is -0.478 e. The molecule has 0 amide bonds. The Labute approximate surface area is 204 Å². The first-order valence-electron chi connectivity index (χ1n) is 10.0. The molecule has 2 N–H and O–H groups in total. The lowest BCUT2D eigenvalue weighted by Crippen LogP contribution is -2.07. The van der Waals surface area contributed by atoms with Crippen LogP contribution in [-0.2, 0) is 12.7 Å². The minimum absolute atomic E-state index is 0.00922. The second-order valence-corrected chi connectivity index (χ2v) is 8.42. The number of aromatic carboxylic acids is 1. The summed E-state index contributed by atoms with van der Waals surface area (Å²) < 4.78 is 68.5. The van der Waals surface area contributed by atoms with Gasteiger partial charge in [-0.05, 0) is 60.7 Å². The standard InChI is InChI=1S/C24H15BrF5N3O2/c25-17-8-16(24(28,29)30)9-18(10-17)31-11-15-12-33(19-4-1-13(2-5-19)23(34)35)32-22(15)14-3-6-20(26)21(27)7-14/h1-10,12,31H,11H2,(H,34,35). The van der Waals surface area contributed by atoms with Gasteiger partial charge in [0.25, 0.3) is 0 Å². The Morgan fingerprint density at radius 2 is 1.71 bits per heavy atom. The van der Waals surface area contributed by atoms with Gasteiger partial charge < -0.3 is 10.4 Å². The number of carboxylic acids is 1. The molecule has 0 bridgehead atoms. The van der Waals surface area contributed by atoms with Crippen LogP contribution in [-0.4, -0.2) is 20.9 Å². The van der Waals surface area contributed by atoms with E-state index in [1.54, 1.807) is 6.20 Å². The summed E-state index contributed by atoms with van der Waals surface area (Å²) in [4.78, 5) is 11.1. The Morgan fingerprint density at radius 3 is 2.34 bits per heavy atom. The Balaban J connectivity index is 1.71. The molecule has 0 aliphatic carbocycles. The quantitative estimate of drug-likeness (QED) is 0.255. The largest absolute Gasteiger partial charge is 0.478 e. The first-order chi connectivity index (χ1) is 16.5. The van der Waals surface area contributed by atoms with Crippen molar-refractivity contribution in [3.05, 3.63) is 99.7 Å². The molecule has 0 fully saturated rings. The molecule has 11 heteroatoms. The number of hydrogen-bond acceptors (Lipinski definition) is 3. The normalized spacial score (nSPS) is 11.5. The van der Waals surface area contributed by atoms with Crippen molar-refractivity contribution < 1.29 is 31.9 Å². The molecule has 3 aromatic carbocycles. The van der Waals surface area contributed by atoms with Crippen LogP contribution in [0.3, 0.4) is 0 Å². The van der Waals surface area contributed by atoms with Gasteiger partial charge in [-0.1, -0.05) is 15.9 Å². The topological polar surface area (TPSA) is 67.2 Å². The zero-order valence-corrected chi connectivity index (χ0v) is 19.2. The fourth-order valence-corrected chi connectivity index (χ4v) is 3.86. The summed E-state index contributed by atoms with van der Waals surface area (Å²) in [6.07, 6.45) is -2.97. The molecule has 0 saturated heterocycles. The van der Waals surface area contributed by atoms with Crippen molar-refractivity contribution in [3.8, 4) is 16.9 Å². The number of aromatic nitrogens is 2. The van der Waals surface area contributed by atoms with Crippen molar-refractivity contribution in [2.24, 2.45) is 0 Å². The zero-order chi connectivity index (χ0) is 25.3. The van der Waals surface area contributed by atoms with Crippen molar-refractivity contribution >= 4 is 27.6 Å². The highest BCUT2D eigenvalue weighted by Crippen LogP contribution is 2.34. The number of benzene rings is 3. The van der Waals surface area contributed by atoms with Crippen molar-refractivity contribution in [2.45, 2.75) is 12.7 Å². The number of halogens is 6. The smallest absolute Gasteiger partial charge is 0.416 e. The maximum Gasteiger partial charge on any atom is 0.416 e. The van der Waals surface area contributed by atoms with Gasteiger partial charge in [-0.2, -0.15) is 18.3 Å². The summed E-state index contributed by atoms with van der Waals surface area (Å²) in [7, 11) is 0. The van der Waals surface area contributed by atoms with Gasteiger partial charge in [0.2, 0.25) is 0 Å². The second kappa shape index (κ2) is 9.49. The number of nitrogens with zero attached hydrogens (tertiary/aromatic N) is 2. The Hall–Kier alpha value is -3.73. The van der Waals surface area contributed by atoms with Gasteiger partial charge in [-0.3, -0.25) is 0 Å². The van der Waals surface area contributed by atoms with Crippen LogP contribution in [0.1, 0.15) is 21.5 Å². The van der Waals surface area contributed by atoms with E-state index in [4.69, 9.17) is 5.11 Å². The number of hydrogen-bond donors (Lipinski definition) is 2. The van der Waals surface area contributed by atoms with Gasteiger partial charge in [0, 0.05) is 34.0 Å². The number of anilines is 1. The van der Waals surface area contributed by atoms with Crippen molar-refractivity contribution in [1.82, 2.24) is 9.78 Å². The van der Waals surface area contributed by atoms with Crippen molar-refractivity contribution in [3.63, 3.8) is 0 Å². The third-order valence-corrected chi connectivity index (χ3v) is 5.53. The summed E-state index contributed by atoms with van der Waals surface area (Å²) in [5.74, 6) is -3.22. The molecule has 0 saturated carbocycles. The van der Waals surface area contributed by atoms with Gasteiger partial charge >= 0.3 is 12.1 Å². The van der Waals surface area contributed by atoms with Crippen LogP contribution >= 0.6 is 15.9 Å². The molecule has 4 aromatic rings. The molecule has 180 valence electrons. The monoisotopic (exact) mass is 551 g/mol. The molecule has 0 radical (unpaired) electrons. The zero-order valence-electron chi connectivity index (χ0n) is 17.6. The molecular formula is C24H15BrF5N3O2. The fourth-order valence-electron chi connectivity index (χ4n) is 3.37. The first kappa shape index (κ1) is 24.4. The number of carbonyl (C=O) groups is 1. The molecular weight excluding hydrogens is 537 g/mol. The van der Waals surface area contributed by atoms with E-state index in [1.807, 2.05) is 0 Å². The van der Waals surface area contributed by atoms with E-state index in [-0.39, 0.29) is 33.5 Å². The third-order valence-electron chi connectivity index (χ3n) is 5.07. The number of carboxylic acid groups (broad SMARTS) is 1. The van der Waals surface area contributed by atoms with Crippen LogP contribution in [0.5, 0.6) is 0 Å². The molecule has 4 rings (SSSR count). The molecule has 5 nitrogen and oxygen atoms in total. The molecule has 0 unspecified atom stereocenters. The summed E-state index contributed by atoms with van der Waals surface area (Å²) >= 11 is 3.07. The van der Waals surface area contributed by atoms with Gasteiger partial charge in [-0.15, -0.1) is 0 Å². The third kappa shape index (κ3) is 5.51. The molecule has 35 heavy (non-hydrogen) atoms. The number of alkyl halides is 3. The van der Waals surface area contributed by atoms with E-state index in [2.05, 4.69) is 26.3 Å². The maximum absolute atomic E-state index is 13.9. The van der Waals surface area contributed by atoms with Crippen LogP contribution < -0.4 is 5.32 Å². The van der Waals surface area contributed by atoms with E-state index in [0.29, 0.717) is 11.3 Å². The van der Waals surface area contributed by atoms with Crippen molar-refractivity contribution in [1.29, 1.82) is 0 Å². The molecule has 0 aliphatic heterocycles. The predicted molar refractivity (Wildman–Crippen MR) is 122 cm³/mol. The van der Waals surface area contributed by atoms with E-state index in [0.717, 1.165) is 24.3 Å². The summed E-state index contributed by atoms with van der Waals surface area (Å²) in [6.45, 7) is 0.00922. The molecule has 0 aliphatic rings. The van der Waals surface area contributed by atoms with E-state index in [9.17, 15) is 26.7 Å². The highest BCUT2D eigenvalue weighted by Gasteiger charge is 2.31. The average Bonchev–Trinajstić information content (AvgIpc) is 3.23. The van der Waals surface area contributed by atoms with Crippen molar-refractivity contribution in [2.75, 3.05) is 5.32 Å². The maximum atomic E-state index is 13.9. The fraction of sp³-hybridized carbons (Fsp3) is 0.0833. The lowest BCUT2D eigenvalue weighted by atomic mass is 10.1. The molecule has 1 heterocycles. The van der Waals surface area contributed by atoms with Crippen LogP contribution in [0.15, 0.2) is 71.3 Å². The van der Waals surface area contributed by atoms with Crippen LogP contribution in [0, 0.1) is 11.6 Å². The molecule has 1 aromatic heterocycles. The second-order valence-electron chi connectivity index (χ2n) is 7.51. The van der Waals surface area contributed by atoms with E-state index < -0.39 is 29.3 Å². The highest BCUT2D eigenvalue weighted by molar-refractivity contribution is 9.10. The minimum atomic E-state index is -4.54. The summed E-state index contributed by atoms with van der Waals surface area (Å²) in [5.41, 5.74) is 0.903. The highest BCUT2D eigenvalue weighted by atomic mass is 79.9. The average molecular weight is 552 g/mol. The Bertz CT molecular complexity index is 1400. The summed E-state index contributed by atoms with van der Waals surface area (Å²) in [6, 6.07) is 12.5. The van der Waals surface area contributed by atoms with Crippen LogP contribution in [0.2, 0.25) is 0 Å². The Kier molecular flexibility index (Phi) is 6.62. The lowest BCUT2D eigenvalue weighted by molar-refractivity contribution is -0.137. The van der Waals surface area contributed by atoms with Gasteiger partial charge in [0.1, 0.15) is 0 Å². The van der Waals surface area contributed by atoms with E-state index in [1.165, 1.54) is 41.1 Å². The Morgan fingerprint density at radius 1 is 1.00 bits per heavy atom. The number of nitrogens with one attached hydrogen (secondary N) is 1. The number of rotatable bonds is 6. The SMILES string of the molecule is O=C(O)c1ccc(-n2cc(CNc3cc(Br)cc(C(F)(F)F)c3)c(-c3ccc(F)c(F)c3)n2)cc1. The molecule has 0 spiro atoms. The van der Waals surface area contributed by atoms with Gasteiger partial charge in [0.15, 0.2) is 11.6 Å². The van der Waals surface area contributed by atoms with Gasteiger partial charge in [0.05, 0.1) is 22.5 Å². The lowest BCUT2D eigenvalue weighted by Gasteiger charge is -2.12. The van der Waals surface area contributed by atoms with E-state index >= 15 is 0 Å². The first-order valence-corrected chi connectivity index (χ1v) is 10.8. The molecule has 0 atom stereocenters. The van der Waals surface area contributed by atoms with Crippen LogP contribution in [0.4, 0.5) is 27.6 Å². The van der Waals surface area contributed by atoms with Gasteiger partial charge in [-0.25, -0.2) is 18.3 Å². The predicted octanol–water partition coefficient (Wildman–Crippen LogP) is 6.91. The van der Waals surface area contributed by atoms with Crippen LogP contribution in [0.25, 0.3) is 16.9 Å². The summed E-state index contributed by atoms with van der Waals surface area (Å²) in [5, 5.41) is 16.4.